The smallest absolute Gasteiger partial charge is 0.269 e. The number of nitrogens with one attached hydrogen (secondary N) is 2. The van der Waals surface area contributed by atoms with Crippen LogP contribution in [0.5, 0.6) is 5.75 Å². The summed E-state index contributed by atoms with van der Waals surface area (Å²) in [5.74, 6) is 0.606. The Balaban J connectivity index is 1.49. The Hall–Kier alpha value is -3.39. The van der Waals surface area contributed by atoms with Gasteiger partial charge in [-0.1, -0.05) is 30.8 Å². The number of nitrogens with zero attached hydrogens (tertiary/aromatic N) is 2. The van der Waals surface area contributed by atoms with E-state index in [1.807, 2.05) is 39.0 Å². The van der Waals surface area contributed by atoms with Crippen LogP contribution in [0.1, 0.15) is 51.0 Å². The Morgan fingerprint density at radius 2 is 1.41 bits per heavy atom. The van der Waals surface area contributed by atoms with Crippen molar-refractivity contribution in [3.05, 3.63) is 82.7 Å². The molecule has 8 heteroatoms. The highest BCUT2D eigenvalue weighted by Crippen LogP contribution is 2.20. The van der Waals surface area contributed by atoms with Crippen molar-refractivity contribution >= 4 is 23.6 Å². The van der Waals surface area contributed by atoms with E-state index in [2.05, 4.69) is 20.8 Å². The number of thioether (sulfide) groups is 1. The Labute approximate surface area is 192 Å². The van der Waals surface area contributed by atoms with Crippen LogP contribution >= 0.6 is 11.8 Å². The molecule has 3 aromatic rings. The molecule has 32 heavy (non-hydrogen) atoms. The molecular weight excluding hydrogens is 424 g/mol. The molecule has 3 rings (SSSR count). The molecule has 1 heterocycles. The third kappa shape index (κ3) is 6.81. The van der Waals surface area contributed by atoms with E-state index in [1.54, 1.807) is 48.2 Å². The zero-order valence-electron chi connectivity index (χ0n) is 18.3. The molecule has 0 aliphatic heterocycles. The molecule has 2 amide bonds. The van der Waals surface area contributed by atoms with Crippen LogP contribution in [0.4, 0.5) is 0 Å². The topological polar surface area (TPSA) is 93.2 Å². The maximum Gasteiger partial charge on any atom is 0.269 e. The van der Waals surface area contributed by atoms with E-state index in [1.165, 1.54) is 0 Å². The van der Waals surface area contributed by atoms with Gasteiger partial charge in [0.2, 0.25) is 0 Å². The predicted molar refractivity (Wildman–Crippen MR) is 125 cm³/mol. The summed E-state index contributed by atoms with van der Waals surface area (Å²) < 4.78 is 5.50. The number of hydrogen-bond donors (Lipinski definition) is 2. The van der Waals surface area contributed by atoms with Crippen LogP contribution in [0, 0.1) is 13.8 Å². The molecule has 0 spiro atoms. The van der Waals surface area contributed by atoms with Crippen molar-refractivity contribution in [2.75, 3.05) is 6.61 Å². The fourth-order valence-electron chi connectivity index (χ4n) is 2.84. The summed E-state index contributed by atoms with van der Waals surface area (Å²) in [7, 11) is 0. The van der Waals surface area contributed by atoms with Gasteiger partial charge in [0.25, 0.3) is 11.8 Å². The minimum atomic E-state index is -0.401. The van der Waals surface area contributed by atoms with E-state index in [-0.39, 0.29) is 0 Å². The number of rotatable bonds is 8. The molecule has 0 unspecified atom stereocenters. The predicted octanol–water partition coefficient (Wildman–Crippen LogP) is 4.25. The van der Waals surface area contributed by atoms with Crippen molar-refractivity contribution in [2.45, 2.75) is 38.1 Å². The highest BCUT2D eigenvalue weighted by molar-refractivity contribution is 7.98. The van der Waals surface area contributed by atoms with Crippen LogP contribution in [-0.2, 0) is 5.75 Å². The number of carbonyl (C=O) groups excluding carboxylic acids is 2. The Kier molecular flexibility index (Phi) is 8.21. The van der Waals surface area contributed by atoms with Crippen LogP contribution in [0.2, 0.25) is 0 Å². The number of hydrazine groups is 1. The zero-order valence-corrected chi connectivity index (χ0v) is 19.2. The number of amides is 2. The van der Waals surface area contributed by atoms with Crippen molar-refractivity contribution in [3.8, 4) is 5.75 Å². The lowest BCUT2D eigenvalue weighted by Crippen LogP contribution is -2.41. The van der Waals surface area contributed by atoms with Crippen molar-refractivity contribution in [1.82, 2.24) is 20.8 Å². The third-order valence-electron chi connectivity index (χ3n) is 4.42. The van der Waals surface area contributed by atoms with Crippen LogP contribution in [0.25, 0.3) is 0 Å². The molecule has 0 atom stereocenters. The number of hydrogen-bond acceptors (Lipinski definition) is 6. The first-order valence-corrected chi connectivity index (χ1v) is 11.3. The molecule has 0 aliphatic rings. The van der Waals surface area contributed by atoms with Gasteiger partial charge in [-0.15, -0.1) is 0 Å². The molecule has 1 aromatic heterocycles. The number of aryl methyl sites for hydroxylation is 2. The second kappa shape index (κ2) is 11.3. The number of aromatic nitrogens is 2. The van der Waals surface area contributed by atoms with Gasteiger partial charge in [0.15, 0.2) is 5.16 Å². The molecule has 0 aliphatic carbocycles. The van der Waals surface area contributed by atoms with Crippen LogP contribution in [-0.4, -0.2) is 28.4 Å². The first-order chi connectivity index (χ1) is 15.4. The van der Waals surface area contributed by atoms with E-state index in [4.69, 9.17) is 4.74 Å². The van der Waals surface area contributed by atoms with E-state index in [9.17, 15) is 9.59 Å². The van der Waals surface area contributed by atoms with Crippen LogP contribution in [0.15, 0.2) is 59.8 Å². The largest absolute Gasteiger partial charge is 0.494 e. The summed E-state index contributed by atoms with van der Waals surface area (Å²) >= 11 is 1.54. The average molecular weight is 451 g/mol. The van der Waals surface area contributed by atoms with Gasteiger partial charge in [0.1, 0.15) is 5.75 Å². The molecule has 2 aromatic carbocycles. The van der Waals surface area contributed by atoms with Gasteiger partial charge >= 0.3 is 0 Å². The Bertz CT molecular complexity index is 1050. The molecule has 0 saturated carbocycles. The highest BCUT2D eigenvalue weighted by Gasteiger charge is 2.10. The lowest BCUT2D eigenvalue weighted by atomic mass is 10.1. The first kappa shape index (κ1) is 23.3. The minimum Gasteiger partial charge on any atom is -0.494 e. The lowest BCUT2D eigenvalue weighted by Gasteiger charge is -2.09. The van der Waals surface area contributed by atoms with E-state index in [0.29, 0.717) is 29.2 Å². The highest BCUT2D eigenvalue weighted by atomic mass is 32.2. The normalized spacial score (nSPS) is 10.5. The monoisotopic (exact) mass is 450 g/mol. The molecule has 7 nitrogen and oxygen atoms in total. The second-order valence-electron chi connectivity index (χ2n) is 7.20. The standard InChI is InChI=1S/C24H26N4O3S/c1-4-13-31-21-11-9-20(10-12-21)23(30)28-27-22(29)19-7-5-18(6-8-19)15-32-24-25-16(2)14-17(3)26-24/h5-12,14H,4,13,15H2,1-3H3,(H,27,29)(H,28,30). The zero-order chi connectivity index (χ0) is 22.9. The van der Waals surface area contributed by atoms with Crippen molar-refractivity contribution < 1.29 is 14.3 Å². The maximum atomic E-state index is 12.3. The number of carbonyl (C=O) groups is 2. The molecule has 2 N–H and O–H groups in total. The average Bonchev–Trinajstić information content (AvgIpc) is 2.79. The van der Waals surface area contributed by atoms with Crippen LogP contribution in [0.3, 0.4) is 0 Å². The van der Waals surface area contributed by atoms with Crippen molar-refractivity contribution in [2.24, 2.45) is 0 Å². The second-order valence-corrected chi connectivity index (χ2v) is 8.14. The van der Waals surface area contributed by atoms with Gasteiger partial charge in [-0.05, 0) is 68.3 Å². The third-order valence-corrected chi connectivity index (χ3v) is 5.34. The van der Waals surface area contributed by atoms with Gasteiger partial charge in [-0.25, -0.2) is 9.97 Å². The molecule has 0 bridgehead atoms. The maximum absolute atomic E-state index is 12.3. The quantitative estimate of drug-likeness (QED) is 0.303. The van der Waals surface area contributed by atoms with Gasteiger partial charge < -0.3 is 4.74 Å². The van der Waals surface area contributed by atoms with Gasteiger partial charge in [0.05, 0.1) is 6.61 Å². The van der Waals surface area contributed by atoms with Gasteiger partial charge in [0, 0.05) is 28.3 Å². The minimum absolute atomic E-state index is 0.391. The summed E-state index contributed by atoms with van der Waals surface area (Å²) in [5, 5.41) is 0.733. The first-order valence-electron chi connectivity index (χ1n) is 10.3. The van der Waals surface area contributed by atoms with E-state index < -0.39 is 11.8 Å². The van der Waals surface area contributed by atoms with Crippen LogP contribution < -0.4 is 15.6 Å². The SMILES string of the molecule is CCCOc1ccc(C(=O)NNC(=O)c2ccc(CSc3nc(C)cc(C)n3)cc2)cc1. The molecule has 0 saturated heterocycles. The lowest BCUT2D eigenvalue weighted by molar-refractivity contribution is 0.0846. The molecule has 166 valence electrons. The summed E-state index contributed by atoms with van der Waals surface area (Å²) in [4.78, 5) is 33.4. The summed E-state index contributed by atoms with van der Waals surface area (Å²) in [5.41, 5.74) is 8.67. The summed E-state index contributed by atoms with van der Waals surface area (Å²) in [6.45, 7) is 6.54. The summed E-state index contributed by atoms with van der Waals surface area (Å²) in [6.07, 6.45) is 0.912. The van der Waals surface area contributed by atoms with Crippen molar-refractivity contribution in [1.29, 1.82) is 0 Å². The molecule has 0 fully saturated rings. The summed E-state index contributed by atoms with van der Waals surface area (Å²) in [6, 6.07) is 15.9. The van der Waals surface area contributed by atoms with Gasteiger partial charge in [-0.3, -0.25) is 20.4 Å². The Morgan fingerprint density at radius 1 is 0.875 bits per heavy atom. The fourth-order valence-corrected chi connectivity index (χ4v) is 3.74. The fraction of sp³-hybridized carbons (Fsp3) is 0.250. The van der Waals surface area contributed by atoms with E-state index >= 15 is 0 Å². The number of benzene rings is 2. The molecular formula is C24H26N4O3S. The number of ether oxygens (including phenoxy) is 1. The molecule has 0 radical (unpaired) electrons. The Morgan fingerprint density at radius 3 is 1.94 bits per heavy atom. The van der Waals surface area contributed by atoms with E-state index in [0.717, 1.165) is 28.5 Å². The van der Waals surface area contributed by atoms with Crippen molar-refractivity contribution in [3.63, 3.8) is 0 Å². The van der Waals surface area contributed by atoms with Gasteiger partial charge in [-0.2, -0.15) is 0 Å².